The maximum absolute atomic E-state index is 13.4. The van der Waals surface area contributed by atoms with Crippen LogP contribution in [0.15, 0.2) is 5.10 Å². The fraction of sp³-hybridized carbons (Fsp3) is 0.731. The van der Waals surface area contributed by atoms with Crippen LogP contribution < -0.4 is 21.8 Å². The molecular formula is C26H45N5O9. The zero-order chi connectivity index (χ0) is 31.3. The third-order valence-corrected chi connectivity index (χ3v) is 4.80. The number of rotatable bonds is 14. The Balaban J connectivity index is 5.88. The molecule has 0 heterocycles. The molecule has 14 heteroatoms. The van der Waals surface area contributed by atoms with Gasteiger partial charge >= 0.3 is 18.0 Å². The van der Waals surface area contributed by atoms with E-state index in [0.717, 1.165) is 0 Å². The van der Waals surface area contributed by atoms with Crippen molar-refractivity contribution in [2.75, 3.05) is 7.11 Å². The minimum atomic E-state index is -1.28. The van der Waals surface area contributed by atoms with E-state index in [1.165, 1.54) is 7.11 Å². The van der Waals surface area contributed by atoms with E-state index in [0.29, 0.717) is 6.29 Å². The molecule has 0 aromatic rings. The molecule has 0 saturated heterocycles. The van der Waals surface area contributed by atoms with Gasteiger partial charge in [0.2, 0.25) is 17.7 Å². The highest BCUT2D eigenvalue weighted by Crippen LogP contribution is 2.16. The first-order valence-electron chi connectivity index (χ1n) is 12.9. The van der Waals surface area contributed by atoms with Gasteiger partial charge in [-0.3, -0.25) is 19.2 Å². The molecule has 0 saturated carbocycles. The van der Waals surface area contributed by atoms with Crippen molar-refractivity contribution in [1.29, 1.82) is 0 Å². The van der Waals surface area contributed by atoms with Gasteiger partial charge in [-0.2, -0.15) is 0 Å². The van der Waals surface area contributed by atoms with E-state index in [1.54, 1.807) is 55.4 Å². The Hall–Kier alpha value is -3.71. The number of hydrazone groups is 1. The van der Waals surface area contributed by atoms with E-state index in [4.69, 9.17) is 19.9 Å². The van der Waals surface area contributed by atoms with Gasteiger partial charge in [-0.1, -0.05) is 13.8 Å². The lowest BCUT2D eigenvalue weighted by Crippen LogP contribution is -2.51. The largest absolute Gasteiger partial charge is 0.482 e. The molecule has 3 unspecified atom stereocenters. The van der Waals surface area contributed by atoms with Gasteiger partial charge in [0.15, 0.2) is 0 Å². The SMILES string of the molecule is COC(=NNC(N)=O)C(CCC(=O)OC(C)(C)C)NC(=O)C(CC(C)C)C(=O)NC(C=O)CC(=O)OC(C)(C)C. The van der Waals surface area contributed by atoms with Crippen molar-refractivity contribution < 1.29 is 43.0 Å². The molecule has 0 aliphatic heterocycles. The number of carbonyl (C=O) groups excluding carboxylic acids is 6. The van der Waals surface area contributed by atoms with Gasteiger partial charge in [0.05, 0.1) is 19.6 Å². The van der Waals surface area contributed by atoms with Crippen LogP contribution in [0.2, 0.25) is 0 Å². The standard InChI is InChI=1S/C26H45N5O9/c1-15(2)12-17(21(35)28-16(14-32)13-20(34)40-26(6,7)8)22(36)29-18(23(38-9)30-31-24(27)37)10-11-19(33)39-25(3,4)5/h14-18H,10-13H2,1-9H3,(H,28,35)(H,29,36)(H3,27,31,37). The van der Waals surface area contributed by atoms with Gasteiger partial charge in [0.1, 0.15) is 29.4 Å². The summed E-state index contributed by atoms with van der Waals surface area (Å²) in [5.41, 5.74) is 5.55. The Morgan fingerprint density at radius 2 is 1.43 bits per heavy atom. The summed E-state index contributed by atoms with van der Waals surface area (Å²) in [6.07, 6.45) is -0.153. The van der Waals surface area contributed by atoms with Crippen LogP contribution in [0, 0.1) is 11.8 Å². The number of carbonyl (C=O) groups is 6. The molecule has 14 nitrogen and oxygen atoms in total. The number of nitrogens with one attached hydrogen (secondary N) is 3. The molecule has 40 heavy (non-hydrogen) atoms. The molecule has 0 bridgehead atoms. The van der Waals surface area contributed by atoms with Crippen molar-refractivity contribution in [3.8, 4) is 0 Å². The molecular weight excluding hydrogens is 526 g/mol. The molecule has 0 aliphatic rings. The van der Waals surface area contributed by atoms with Crippen molar-refractivity contribution in [1.82, 2.24) is 16.1 Å². The Labute approximate surface area is 235 Å². The van der Waals surface area contributed by atoms with Gasteiger partial charge in [0.25, 0.3) is 0 Å². The third kappa shape index (κ3) is 16.3. The molecule has 228 valence electrons. The van der Waals surface area contributed by atoms with Gasteiger partial charge in [-0.25, -0.2) is 10.2 Å². The lowest BCUT2D eigenvalue weighted by Gasteiger charge is -2.25. The Bertz CT molecular complexity index is 936. The van der Waals surface area contributed by atoms with Crippen molar-refractivity contribution in [3.63, 3.8) is 0 Å². The summed E-state index contributed by atoms with van der Waals surface area (Å²) in [5, 5.41) is 8.79. The van der Waals surface area contributed by atoms with Gasteiger partial charge in [0, 0.05) is 6.42 Å². The zero-order valence-electron chi connectivity index (χ0n) is 24.9. The molecule has 0 radical (unpaired) electrons. The minimum absolute atomic E-state index is 0.0562. The average molecular weight is 572 g/mol. The van der Waals surface area contributed by atoms with Crippen molar-refractivity contribution >= 4 is 42.0 Å². The van der Waals surface area contributed by atoms with Crippen LogP contribution in [-0.4, -0.2) is 72.4 Å². The number of urea groups is 1. The predicted octanol–water partition coefficient (Wildman–Crippen LogP) is 1.30. The van der Waals surface area contributed by atoms with Crippen LogP contribution in [0.4, 0.5) is 4.79 Å². The fourth-order valence-electron chi connectivity index (χ4n) is 3.34. The first-order valence-corrected chi connectivity index (χ1v) is 12.9. The topological polar surface area (TPSA) is 205 Å². The number of hydrogen-bond acceptors (Lipinski definition) is 10. The number of amides is 4. The van der Waals surface area contributed by atoms with Crippen LogP contribution in [-0.2, 0) is 38.2 Å². The van der Waals surface area contributed by atoms with Crippen molar-refractivity contribution in [3.05, 3.63) is 0 Å². The van der Waals surface area contributed by atoms with Gasteiger partial charge in [-0.15, -0.1) is 5.10 Å². The van der Waals surface area contributed by atoms with E-state index in [2.05, 4.69) is 15.7 Å². The number of nitrogens with two attached hydrogens (primary N) is 1. The number of esters is 2. The summed E-state index contributed by atoms with van der Waals surface area (Å²) in [6, 6.07) is -3.28. The average Bonchev–Trinajstić information content (AvgIpc) is 2.77. The normalized spacial score (nSPS) is 14.3. The number of methoxy groups -OCH3 is 1. The lowest BCUT2D eigenvalue weighted by molar-refractivity contribution is -0.156. The zero-order valence-corrected chi connectivity index (χ0v) is 24.9. The molecule has 0 fully saturated rings. The number of ether oxygens (including phenoxy) is 3. The number of aldehydes is 1. The summed E-state index contributed by atoms with van der Waals surface area (Å²) < 4.78 is 15.7. The van der Waals surface area contributed by atoms with Crippen molar-refractivity contribution in [2.45, 2.75) is 104 Å². The molecule has 0 rings (SSSR count). The second-order valence-corrected chi connectivity index (χ2v) is 11.5. The number of nitrogens with zero attached hydrogens (tertiary/aromatic N) is 1. The molecule has 0 aromatic carbocycles. The summed E-state index contributed by atoms with van der Waals surface area (Å²) in [6.45, 7) is 13.7. The van der Waals surface area contributed by atoms with E-state index in [-0.39, 0.29) is 31.1 Å². The lowest BCUT2D eigenvalue weighted by atomic mass is 9.94. The Morgan fingerprint density at radius 1 is 0.900 bits per heavy atom. The van der Waals surface area contributed by atoms with Crippen LogP contribution in [0.3, 0.4) is 0 Å². The molecule has 4 amide bonds. The maximum atomic E-state index is 13.4. The Morgan fingerprint density at radius 3 is 1.88 bits per heavy atom. The second-order valence-electron chi connectivity index (χ2n) is 11.5. The smallest absolute Gasteiger partial charge is 0.332 e. The molecule has 0 aromatic heterocycles. The third-order valence-electron chi connectivity index (χ3n) is 4.80. The highest BCUT2D eigenvalue weighted by molar-refractivity contribution is 6.02. The van der Waals surface area contributed by atoms with Crippen LogP contribution in [0.5, 0.6) is 0 Å². The summed E-state index contributed by atoms with van der Waals surface area (Å²) in [4.78, 5) is 73.7. The van der Waals surface area contributed by atoms with Crippen LogP contribution >= 0.6 is 0 Å². The van der Waals surface area contributed by atoms with Gasteiger partial charge in [-0.05, 0) is 60.3 Å². The molecule has 0 spiro atoms. The van der Waals surface area contributed by atoms with E-state index in [1.807, 2.05) is 5.43 Å². The molecule has 3 atom stereocenters. The Kier molecular flexibility index (Phi) is 14.9. The maximum Gasteiger partial charge on any atom is 0.332 e. The number of hydrogen-bond donors (Lipinski definition) is 4. The summed E-state index contributed by atoms with van der Waals surface area (Å²) in [7, 11) is 1.23. The minimum Gasteiger partial charge on any atom is -0.482 e. The van der Waals surface area contributed by atoms with Crippen LogP contribution in [0.1, 0.15) is 81.1 Å². The fourth-order valence-corrected chi connectivity index (χ4v) is 3.34. The number of primary amides is 1. The van der Waals surface area contributed by atoms with E-state index >= 15 is 0 Å². The van der Waals surface area contributed by atoms with E-state index < -0.39 is 65.4 Å². The van der Waals surface area contributed by atoms with Crippen LogP contribution in [0.25, 0.3) is 0 Å². The molecule has 5 N–H and O–H groups in total. The van der Waals surface area contributed by atoms with Crippen molar-refractivity contribution in [2.24, 2.45) is 22.7 Å². The summed E-state index contributed by atoms with van der Waals surface area (Å²) >= 11 is 0. The quantitative estimate of drug-likeness (QED) is 0.0591. The van der Waals surface area contributed by atoms with E-state index in [9.17, 15) is 28.8 Å². The monoisotopic (exact) mass is 571 g/mol. The highest BCUT2D eigenvalue weighted by Gasteiger charge is 2.33. The second kappa shape index (κ2) is 16.4. The summed E-state index contributed by atoms with van der Waals surface area (Å²) in [5.74, 6) is -4.39. The molecule has 0 aliphatic carbocycles. The highest BCUT2D eigenvalue weighted by atomic mass is 16.6. The first kappa shape index (κ1) is 36.3. The first-order chi connectivity index (χ1) is 18.3. The predicted molar refractivity (Wildman–Crippen MR) is 146 cm³/mol. The van der Waals surface area contributed by atoms with Gasteiger partial charge < -0.3 is 35.4 Å².